The molecule has 0 aliphatic rings. The fourth-order valence-electron chi connectivity index (χ4n) is 1.58. The Labute approximate surface area is 98.5 Å². The maximum absolute atomic E-state index is 5.86. The monoisotopic (exact) mass is 234 g/mol. The summed E-state index contributed by atoms with van der Waals surface area (Å²) in [6.07, 6.45) is 0. The highest BCUT2D eigenvalue weighted by Gasteiger charge is 2.11. The molecule has 0 bridgehead atoms. The maximum atomic E-state index is 5.86. The normalized spacial score (nSPS) is 10.2. The number of anilines is 2. The lowest BCUT2D eigenvalue weighted by Crippen LogP contribution is -1.97. The van der Waals surface area contributed by atoms with Crippen LogP contribution in [0.3, 0.4) is 0 Å². The van der Waals surface area contributed by atoms with Crippen molar-refractivity contribution in [2.24, 2.45) is 0 Å². The fraction of sp³-hybridized carbons (Fsp3) is 0.182. The van der Waals surface area contributed by atoms with E-state index in [0.29, 0.717) is 23.0 Å². The molecule has 1 aromatic carbocycles. The molecule has 0 saturated carbocycles. The van der Waals surface area contributed by atoms with Gasteiger partial charge in [-0.15, -0.1) is 0 Å². The van der Waals surface area contributed by atoms with Crippen molar-refractivity contribution in [2.75, 3.05) is 25.7 Å². The number of nitrogens with zero attached hydrogens (tertiary/aromatic N) is 1. The van der Waals surface area contributed by atoms with Gasteiger partial charge >= 0.3 is 0 Å². The third-order valence-electron chi connectivity index (χ3n) is 2.45. The summed E-state index contributed by atoms with van der Waals surface area (Å²) in [6, 6.07) is 5.32. The van der Waals surface area contributed by atoms with Crippen molar-refractivity contribution in [3.8, 4) is 22.8 Å². The van der Waals surface area contributed by atoms with Gasteiger partial charge in [0.05, 0.1) is 19.9 Å². The van der Waals surface area contributed by atoms with E-state index >= 15 is 0 Å². The molecule has 2 aromatic rings. The highest BCUT2D eigenvalue weighted by molar-refractivity contribution is 5.74. The number of benzene rings is 1. The number of nitrogens with two attached hydrogens (primary N) is 2. The molecule has 0 aliphatic heterocycles. The van der Waals surface area contributed by atoms with E-state index in [4.69, 9.17) is 20.9 Å². The van der Waals surface area contributed by atoms with Crippen LogP contribution in [0.15, 0.2) is 18.2 Å². The van der Waals surface area contributed by atoms with Gasteiger partial charge in [-0.05, 0) is 12.1 Å². The molecule has 0 unspecified atom stereocenters. The third kappa shape index (κ3) is 1.96. The first-order chi connectivity index (χ1) is 8.15. The van der Waals surface area contributed by atoms with Gasteiger partial charge in [0.15, 0.2) is 0 Å². The molecule has 0 aliphatic carbocycles. The Balaban J connectivity index is 2.55. The maximum Gasteiger partial charge on any atom is 0.146 e. The van der Waals surface area contributed by atoms with E-state index in [2.05, 4.69) is 10.2 Å². The lowest BCUT2D eigenvalue weighted by atomic mass is 10.1. The number of rotatable bonds is 3. The Hall–Kier alpha value is -2.37. The Morgan fingerprint density at radius 3 is 2.06 bits per heavy atom. The summed E-state index contributed by atoms with van der Waals surface area (Å²) in [5, 5.41) is 6.68. The summed E-state index contributed by atoms with van der Waals surface area (Å²) >= 11 is 0. The largest absolute Gasteiger partial charge is 0.494 e. The second-order valence-electron chi connectivity index (χ2n) is 3.50. The van der Waals surface area contributed by atoms with Crippen LogP contribution in [0.1, 0.15) is 0 Å². The van der Waals surface area contributed by atoms with Gasteiger partial charge in [-0.2, -0.15) is 5.10 Å². The quantitative estimate of drug-likeness (QED) is 0.694. The van der Waals surface area contributed by atoms with Crippen molar-refractivity contribution >= 4 is 11.5 Å². The Kier molecular flexibility index (Phi) is 2.78. The zero-order chi connectivity index (χ0) is 12.4. The van der Waals surface area contributed by atoms with E-state index in [-0.39, 0.29) is 0 Å². The lowest BCUT2D eigenvalue weighted by Gasteiger charge is -2.11. The first-order valence-corrected chi connectivity index (χ1v) is 4.98. The van der Waals surface area contributed by atoms with E-state index in [1.54, 1.807) is 32.4 Å². The minimum Gasteiger partial charge on any atom is -0.494 e. The summed E-state index contributed by atoms with van der Waals surface area (Å²) in [5.41, 5.74) is 13.5. The summed E-state index contributed by atoms with van der Waals surface area (Å²) in [4.78, 5) is 0. The molecule has 1 heterocycles. The first-order valence-electron chi connectivity index (χ1n) is 4.98. The van der Waals surface area contributed by atoms with E-state index in [1.165, 1.54) is 0 Å². The molecule has 0 atom stereocenters. The van der Waals surface area contributed by atoms with Gasteiger partial charge in [0.2, 0.25) is 0 Å². The van der Waals surface area contributed by atoms with Crippen molar-refractivity contribution in [3.05, 3.63) is 18.2 Å². The lowest BCUT2D eigenvalue weighted by molar-refractivity contribution is 0.398. The van der Waals surface area contributed by atoms with Gasteiger partial charge in [-0.3, -0.25) is 5.10 Å². The molecule has 17 heavy (non-hydrogen) atoms. The molecule has 6 heteroatoms. The van der Waals surface area contributed by atoms with Crippen LogP contribution in [0.25, 0.3) is 11.3 Å². The number of aromatic amines is 1. The van der Waals surface area contributed by atoms with E-state index < -0.39 is 0 Å². The molecule has 90 valence electrons. The van der Waals surface area contributed by atoms with Crippen LogP contribution >= 0.6 is 0 Å². The average molecular weight is 234 g/mol. The van der Waals surface area contributed by atoms with Crippen molar-refractivity contribution in [1.29, 1.82) is 0 Å². The SMILES string of the molecule is COc1cc(-c2cc(N)n[nH]2)cc(OC)c1N. The van der Waals surface area contributed by atoms with Gasteiger partial charge in [0.1, 0.15) is 23.0 Å². The predicted molar refractivity (Wildman–Crippen MR) is 66.0 cm³/mol. The molecule has 1 aromatic heterocycles. The minimum atomic E-state index is 0.426. The van der Waals surface area contributed by atoms with Gasteiger partial charge in [-0.25, -0.2) is 0 Å². The molecule has 0 spiro atoms. The van der Waals surface area contributed by atoms with Crippen molar-refractivity contribution < 1.29 is 9.47 Å². The van der Waals surface area contributed by atoms with Crippen LogP contribution in [-0.4, -0.2) is 24.4 Å². The second-order valence-corrected chi connectivity index (χ2v) is 3.50. The predicted octanol–water partition coefficient (Wildman–Crippen LogP) is 1.26. The number of nitrogens with one attached hydrogen (secondary N) is 1. The second kappa shape index (κ2) is 4.25. The van der Waals surface area contributed by atoms with Gasteiger partial charge < -0.3 is 20.9 Å². The van der Waals surface area contributed by atoms with Gasteiger partial charge in [0.25, 0.3) is 0 Å². The summed E-state index contributed by atoms with van der Waals surface area (Å²) in [5.74, 6) is 1.52. The molecule has 5 N–H and O–H groups in total. The molecule has 0 fully saturated rings. The summed E-state index contributed by atoms with van der Waals surface area (Å²) in [7, 11) is 3.10. The molecule has 6 nitrogen and oxygen atoms in total. The molecule has 0 saturated heterocycles. The highest BCUT2D eigenvalue weighted by Crippen LogP contribution is 2.36. The highest BCUT2D eigenvalue weighted by atomic mass is 16.5. The summed E-state index contributed by atoms with van der Waals surface area (Å²) < 4.78 is 10.4. The van der Waals surface area contributed by atoms with Crippen molar-refractivity contribution in [1.82, 2.24) is 10.2 Å². The Bertz CT molecular complexity index is 511. The van der Waals surface area contributed by atoms with Crippen molar-refractivity contribution in [3.63, 3.8) is 0 Å². The Morgan fingerprint density at radius 1 is 1.06 bits per heavy atom. The number of hydrogen-bond acceptors (Lipinski definition) is 5. The minimum absolute atomic E-state index is 0.426. The molecular formula is C11H14N4O2. The molecule has 0 amide bonds. The number of H-pyrrole nitrogens is 1. The zero-order valence-electron chi connectivity index (χ0n) is 9.65. The van der Waals surface area contributed by atoms with Crippen LogP contribution < -0.4 is 20.9 Å². The fourth-order valence-corrected chi connectivity index (χ4v) is 1.58. The zero-order valence-corrected chi connectivity index (χ0v) is 9.65. The standard InChI is InChI=1S/C11H14N4O2/c1-16-8-3-6(4-9(17-2)11(8)13)7-5-10(12)15-14-7/h3-5H,13H2,1-2H3,(H3,12,14,15). The first kappa shape index (κ1) is 11.1. The molecular weight excluding hydrogens is 220 g/mol. The topological polar surface area (TPSA) is 99.2 Å². The number of nitrogen functional groups attached to an aromatic ring is 2. The molecule has 0 radical (unpaired) electrons. The van der Waals surface area contributed by atoms with Crippen LogP contribution in [0.4, 0.5) is 11.5 Å². The smallest absolute Gasteiger partial charge is 0.146 e. The molecule has 2 rings (SSSR count). The number of ether oxygens (including phenoxy) is 2. The van der Waals surface area contributed by atoms with E-state index in [9.17, 15) is 0 Å². The van der Waals surface area contributed by atoms with Crippen LogP contribution in [0, 0.1) is 0 Å². The Morgan fingerprint density at radius 2 is 1.65 bits per heavy atom. The summed E-state index contributed by atoms with van der Waals surface area (Å²) in [6.45, 7) is 0. The van der Waals surface area contributed by atoms with Gasteiger partial charge in [0, 0.05) is 11.6 Å². The number of aromatic nitrogens is 2. The third-order valence-corrected chi connectivity index (χ3v) is 2.45. The van der Waals surface area contributed by atoms with E-state index in [0.717, 1.165) is 11.3 Å². The van der Waals surface area contributed by atoms with E-state index in [1.807, 2.05) is 0 Å². The van der Waals surface area contributed by atoms with Crippen LogP contribution in [0.2, 0.25) is 0 Å². The number of methoxy groups -OCH3 is 2. The number of hydrogen-bond donors (Lipinski definition) is 3. The van der Waals surface area contributed by atoms with Gasteiger partial charge in [-0.1, -0.05) is 0 Å². The van der Waals surface area contributed by atoms with Crippen molar-refractivity contribution in [2.45, 2.75) is 0 Å². The van der Waals surface area contributed by atoms with Crippen LogP contribution in [-0.2, 0) is 0 Å². The average Bonchev–Trinajstić information content (AvgIpc) is 2.76. The van der Waals surface area contributed by atoms with Crippen LogP contribution in [0.5, 0.6) is 11.5 Å².